The standard InChI is InChI=1S/C13H18Si/c1-4-12-14(5-2,6-3)13-10-8-7-9-11-13/h5-11H,2-4,12H2,1H3. The Kier molecular flexibility index (Phi) is 3.90. The molecular weight excluding hydrogens is 184 g/mol. The lowest BCUT2D eigenvalue weighted by Crippen LogP contribution is -2.43. The zero-order valence-corrected chi connectivity index (χ0v) is 9.87. The van der Waals surface area contributed by atoms with Crippen LogP contribution < -0.4 is 5.19 Å². The van der Waals surface area contributed by atoms with Crippen LogP contribution in [0.3, 0.4) is 0 Å². The highest BCUT2D eigenvalue weighted by Gasteiger charge is 2.26. The smallest absolute Gasteiger partial charge is 0.106 e. The maximum atomic E-state index is 3.99. The van der Waals surface area contributed by atoms with Crippen molar-refractivity contribution in [1.82, 2.24) is 0 Å². The summed E-state index contributed by atoms with van der Waals surface area (Å²) in [6.07, 6.45) is 1.19. The first kappa shape index (κ1) is 11.0. The molecule has 1 aromatic rings. The molecule has 1 rings (SSSR count). The minimum Gasteiger partial charge on any atom is -0.106 e. The summed E-state index contributed by atoms with van der Waals surface area (Å²) in [5.41, 5.74) is 4.28. The number of rotatable bonds is 5. The lowest BCUT2D eigenvalue weighted by atomic mass is 10.4. The van der Waals surface area contributed by atoms with Gasteiger partial charge in [-0.3, -0.25) is 0 Å². The molecule has 0 aliphatic rings. The van der Waals surface area contributed by atoms with Gasteiger partial charge in [-0.25, -0.2) is 0 Å². The Hall–Kier alpha value is -1.08. The summed E-state index contributed by atoms with van der Waals surface area (Å²) in [6.45, 7) is 10.2. The van der Waals surface area contributed by atoms with Crippen LogP contribution in [0.1, 0.15) is 13.3 Å². The largest absolute Gasteiger partial charge is 0.132 e. The van der Waals surface area contributed by atoms with E-state index in [0.29, 0.717) is 0 Å². The Labute approximate surface area is 88.0 Å². The van der Waals surface area contributed by atoms with Gasteiger partial charge in [0.15, 0.2) is 0 Å². The molecule has 0 amide bonds. The van der Waals surface area contributed by atoms with Gasteiger partial charge in [-0.2, -0.15) is 0 Å². The van der Waals surface area contributed by atoms with Gasteiger partial charge in [0.05, 0.1) is 0 Å². The second-order valence-electron chi connectivity index (χ2n) is 3.56. The van der Waals surface area contributed by atoms with E-state index in [1.54, 1.807) is 0 Å². The molecule has 0 unspecified atom stereocenters. The SMILES string of the molecule is C=C[Si](C=C)(CCC)c1ccccc1. The van der Waals surface area contributed by atoms with Crippen LogP contribution in [0.4, 0.5) is 0 Å². The monoisotopic (exact) mass is 202 g/mol. The van der Waals surface area contributed by atoms with Gasteiger partial charge < -0.3 is 0 Å². The van der Waals surface area contributed by atoms with Crippen molar-refractivity contribution in [3.8, 4) is 0 Å². The molecule has 0 fully saturated rings. The van der Waals surface area contributed by atoms with E-state index in [9.17, 15) is 0 Å². The number of hydrogen-bond acceptors (Lipinski definition) is 0. The van der Waals surface area contributed by atoms with Crippen LogP contribution in [0, 0.1) is 0 Å². The van der Waals surface area contributed by atoms with Crippen LogP contribution in [0.15, 0.2) is 54.9 Å². The van der Waals surface area contributed by atoms with Gasteiger partial charge in [0, 0.05) is 0 Å². The lowest BCUT2D eigenvalue weighted by molar-refractivity contribution is 1.06. The molecule has 0 N–H and O–H groups in total. The summed E-state index contributed by atoms with van der Waals surface area (Å²) in [6, 6.07) is 11.9. The van der Waals surface area contributed by atoms with Crippen LogP contribution in [0.25, 0.3) is 0 Å². The zero-order chi connectivity index (χ0) is 10.4. The summed E-state index contributed by atoms with van der Waals surface area (Å²) >= 11 is 0. The molecule has 0 radical (unpaired) electrons. The third-order valence-electron chi connectivity index (χ3n) is 2.70. The Morgan fingerprint density at radius 1 is 1.14 bits per heavy atom. The Bertz CT molecular complexity index is 292. The first-order valence-corrected chi connectivity index (χ1v) is 7.48. The second kappa shape index (κ2) is 4.96. The third-order valence-corrected chi connectivity index (χ3v) is 6.90. The molecule has 0 aliphatic carbocycles. The predicted molar refractivity (Wildman–Crippen MR) is 67.3 cm³/mol. The van der Waals surface area contributed by atoms with Crippen molar-refractivity contribution in [3.05, 3.63) is 54.9 Å². The molecule has 0 nitrogen and oxygen atoms in total. The van der Waals surface area contributed by atoms with Crippen LogP contribution in [0.5, 0.6) is 0 Å². The predicted octanol–water partition coefficient (Wildman–Crippen LogP) is 3.20. The molecule has 0 bridgehead atoms. The minimum atomic E-state index is -1.59. The third kappa shape index (κ3) is 2.04. The topological polar surface area (TPSA) is 0 Å². The van der Waals surface area contributed by atoms with Crippen LogP contribution in [0.2, 0.25) is 6.04 Å². The molecule has 14 heavy (non-hydrogen) atoms. The van der Waals surface area contributed by atoms with Gasteiger partial charge in [0.1, 0.15) is 8.07 Å². The highest BCUT2D eigenvalue weighted by molar-refractivity contribution is 6.99. The van der Waals surface area contributed by atoms with E-state index in [-0.39, 0.29) is 0 Å². The minimum absolute atomic E-state index is 1.19. The van der Waals surface area contributed by atoms with E-state index in [4.69, 9.17) is 0 Å². The summed E-state index contributed by atoms with van der Waals surface area (Å²) in [4.78, 5) is 0. The van der Waals surface area contributed by atoms with Crippen LogP contribution >= 0.6 is 0 Å². The molecule has 74 valence electrons. The molecule has 0 aromatic heterocycles. The number of hydrogen-bond donors (Lipinski definition) is 0. The summed E-state index contributed by atoms with van der Waals surface area (Å²) in [5, 5.41) is 1.42. The first-order valence-electron chi connectivity index (χ1n) is 5.12. The van der Waals surface area contributed by atoms with Crippen molar-refractivity contribution in [2.75, 3.05) is 0 Å². The van der Waals surface area contributed by atoms with Crippen molar-refractivity contribution in [1.29, 1.82) is 0 Å². The molecule has 0 atom stereocenters. The van der Waals surface area contributed by atoms with Crippen molar-refractivity contribution in [3.63, 3.8) is 0 Å². The van der Waals surface area contributed by atoms with Gasteiger partial charge >= 0.3 is 0 Å². The lowest BCUT2D eigenvalue weighted by Gasteiger charge is -2.24. The normalized spacial score (nSPS) is 10.9. The van der Waals surface area contributed by atoms with Gasteiger partial charge in [0.2, 0.25) is 0 Å². The van der Waals surface area contributed by atoms with Crippen LogP contribution in [-0.2, 0) is 0 Å². The van der Waals surface area contributed by atoms with Gasteiger partial charge in [-0.05, 0) is 6.04 Å². The van der Waals surface area contributed by atoms with Gasteiger partial charge in [-0.1, -0.05) is 60.3 Å². The Morgan fingerprint density at radius 3 is 2.14 bits per heavy atom. The van der Waals surface area contributed by atoms with E-state index in [1.165, 1.54) is 17.7 Å². The summed E-state index contributed by atoms with van der Waals surface area (Å²) < 4.78 is 0. The Morgan fingerprint density at radius 2 is 1.71 bits per heavy atom. The second-order valence-corrected chi connectivity index (χ2v) is 7.54. The van der Waals surface area contributed by atoms with E-state index < -0.39 is 8.07 Å². The maximum Gasteiger partial charge on any atom is 0.132 e. The maximum absolute atomic E-state index is 3.99. The molecular formula is C13H18Si. The highest BCUT2D eigenvalue weighted by atomic mass is 28.3. The summed E-state index contributed by atoms with van der Waals surface area (Å²) in [5.74, 6) is 0. The zero-order valence-electron chi connectivity index (χ0n) is 8.87. The molecule has 0 spiro atoms. The van der Waals surface area contributed by atoms with E-state index in [2.05, 4.69) is 61.8 Å². The molecule has 0 aliphatic heterocycles. The molecule has 1 heteroatoms. The highest BCUT2D eigenvalue weighted by Crippen LogP contribution is 2.14. The first-order chi connectivity index (χ1) is 6.79. The Balaban J connectivity index is 3.10. The van der Waals surface area contributed by atoms with E-state index in [1.807, 2.05) is 0 Å². The van der Waals surface area contributed by atoms with Crippen molar-refractivity contribution >= 4 is 13.3 Å². The molecule has 1 aromatic carbocycles. The average molecular weight is 202 g/mol. The average Bonchev–Trinajstić information content (AvgIpc) is 2.27. The van der Waals surface area contributed by atoms with Crippen molar-refractivity contribution < 1.29 is 0 Å². The molecule has 0 saturated carbocycles. The fraction of sp³-hybridized carbons (Fsp3) is 0.231. The fourth-order valence-electron chi connectivity index (χ4n) is 1.83. The van der Waals surface area contributed by atoms with Crippen molar-refractivity contribution in [2.45, 2.75) is 19.4 Å². The van der Waals surface area contributed by atoms with Crippen LogP contribution in [-0.4, -0.2) is 8.07 Å². The summed E-state index contributed by atoms with van der Waals surface area (Å²) in [7, 11) is -1.59. The van der Waals surface area contributed by atoms with E-state index in [0.717, 1.165) is 0 Å². The number of benzene rings is 1. The van der Waals surface area contributed by atoms with Gasteiger partial charge in [0.25, 0.3) is 0 Å². The fourth-order valence-corrected chi connectivity index (χ4v) is 4.81. The molecule has 0 heterocycles. The molecule has 0 saturated heterocycles. The van der Waals surface area contributed by atoms with Crippen molar-refractivity contribution in [2.24, 2.45) is 0 Å². The van der Waals surface area contributed by atoms with Gasteiger partial charge in [-0.15, -0.1) is 13.2 Å². The van der Waals surface area contributed by atoms with E-state index >= 15 is 0 Å². The quantitative estimate of drug-likeness (QED) is 0.643.